The number of rotatable bonds is 7. The van der Waals surface area contributed by atoms with Gasteiger partial charge in [-0.2, -0.15) is 8.78 Å². The zero-order chi connectivity index (χ0) is 16.7. The second-order valence-corrected chi connectivity index (χ2v) is 5.85. The number of ether oxygens (including phenoxy) is 1. The standard InChI is InChI=1S/C17H17F2NO2S/c1-20(11-12-22-14-5-3-2-4-6-14)16(21)13-7-9-15(10-8-13)23-17(18)19/h2-10,17H,11-12H2,1H3. The number of para-hydroxylation sites is 1. The quantitative estimate of drug-likeness (QED) is 0.711. The van der Waals surface area contributed by atoms with E-state index in [1.165, 1.54) is 17.0 Å². The smallest absolute Gasteiger partial charge is 0.288 e. The van der Waals surface area contributed by atoms with Crippen molar-refractivity contribution in [3.63, 3.8) is 0 Å². The van der Waals surface area contributed by atoms with Crippen LogP contribution < -0.4 is 4.74 Å². The molecule has 0 fully saturated rings. The highest BCUT2D eigenvalue weighted by Crippen LogP contribution is 2.25. The predicted octanol–water partition coefficient (Wildman–Crippen LogP) is 4.15. The second kappa shape index (κ2) is 8.53. The summed E-state index contributed by atoms with van der Waals surface area (Å²) < 4.78 is 30.1. The molecule has 1 amide bonds. The number of hydrogen-bond donors (Lipinski definition) is 0. The van der Waals surface area contributed by atoms with Crippen LogP contribution in [0.2, 0.25) is 0 Å². The van der Waals surface area contributed by atoms with Crippen LogP contribution in [0.1, 0.15) is 10.4 Å². The molecule has 0 aliphatic carbocycles. The van der Waals surface area contributed by atoms with Gasteiger partial charge in [-0.25, -0.2) is 0 Å². The SMILES string of the molecule is CN(CCOc1ccccc1)C(=O)c1ccc(SC(F)F)cc1. The summed E-state index contributed by atoms with van der Waals surface area (Å²) in [7, 11) is 1.68. The summed E-state index contributed by atoms with van der Waals surface area (Å²) in [5.41, 5.74) is 0.464. The molecule has 0 saturated heterocycles. The molecule has 23 heavy (non-hydrogen) atoms. The minimum absolute atomic E-state index is 0.171. The lowest BCUT2D eigenvalue weighted by molar-refractivity contribution is 0.0773. The molecule has 2 aromatic rings. The zero-order valence-corrected chi connectivity index (χ0v) is 13.4. The number of nitrogens with zero attached hydrogens (tertiary/aromatic N) is 1. The summed E-state index contributed by atoms with van der Waals surface area (Å²) in [5, 5.41) is 0. The number of hydrogen-bond acceptors (Lipinski definition) is 3. The molecule has 0 aliphatic heterocycles. The Balaban J connectivity index is 1.84. The first-order valence-corrected chi connectivity index (χ1v) is 7.92. The molecule has 0 aliphatic rings. The van der Waals surface area contributed by atoms with Gasteiger partial charge in [0.05, 0.1) is 6.54 Å². The van der Waals surface area contributed by atoms with Gasteiger partial charge in [-0.05, 0) is 36.4 Å². The van der Waals surface area contributed by atoms with E-state index in [1.54, 1.807) is 19.2 Å². The van der Waals surface area contributed by atoms with Crippen LogP contribution in [0.15, 0.2) is 59.5 Å². The van der Waals surface area contributed by atoms with Crippen LogP contribution in [0.25, 0.3) is 0 Å². The molecule has 0 N–H and O–H groups in total. The first-order valence-electron chi connectivity index (χ1n) is 7.04. The third-order valence-corrected chi connectivity index (χ3v) is 3.83. The minimum atomic E-state index is -2.46. The van der Waals surface area contributed by atoms with Crippen LogP contribution in [0.5, 0.6) is 5.75 Å². The number of benzene rings is 2. The molecule has 0 heterocycles. The van der Waals surface area contributed by atoms with E-state index >= 15 is 0 Å². The highest BCUT2D eigenvalue weighted by atomic mass is 32.2. The van der Waals surface area contributed by atoms with Gasteiger partial charge in [0.15, 0.2) is 0 Å². The lowest BCUT2D eigenvalue weighted by atomic mass is 10.2. The first-order chi connectivity index (χ1) is 11.1. The zero-order valence-electron chi connectivity index (χ0n) is 12.6. The number of amides is 1. The second-order valence-electron chi connectivity index (χ2n) is 4.79. The molecule has 0 unspecified atom stereocenters. The molecule has 3 nitrogen and oxygen atoms in total. The van der Waals surface area contributed by atoms with Crippen molar-refractivity contribution in [2.45, 2.75) is 10.7 Å². The lowest BCUT2D eigenvalue weighted by Crippen LogP contribution is -2.30. The summed E-state index contributed by atoms with van der Waals surface area (Å²) >= 11 is 0.461. The van der Waals surface area contributed by atoms with Gasteiger partial charge >= 0.3 is 0 Å². The maximum absolute atomic E-state index is 12.3. The Hall–Kier alpha value is -2.08. The Labute approximate surface area is 138 Å². The van der Waals surface area contributed by atoms with Crippen molar-refractivity contribution in [2.75, 3.05) is 20.2 Å². The Kier molecular flexibility index (Phi) is 6.40. The predicted molar refractivity (Wildman–Crippen MR) is 87.2 cm³/mol. The van der Waals surface area contributed by atoms with Gasteiger partial charge in [-0.1, -0.05) is 30.0 Å². The first kappa shape index (κ1) is 17.3. The van der Waals surface area contributed by atoms with Crippen LogP contribution in [0.3, 0.4) is 0 Å². The molecule has 0 atom stereocenters. The Morgan fingerprint density at radius 1 is 1.13 bits per heavy atom. The summed E-state index contributed by atoms with van der Waals surface area (Å²) in [6, 6.07) is 15.5. The maximum Gasteiger partial charge on any atom is 0.288 e. The van der Waals surface area contributed by atoms with Crippen molar-refractivity contribution in [2.24, 2.45) is 0 Å². The van der Waals surface area contributed by atoms with E-state index in [0.29, 0.717) is 35.4 Å². The Morgan fingerprint density at radius 3 is 2.39 bits per heavy atom. The maximum atomic E-state index is 12.3. The lowest BCUT2D eigenvalue weighted by Gasteiger charge is -2.17. The molecular formula is C17H17F2NO2S. The van der Waals surface area contributed by atoms with Crippen LogP contribution in [-0.2, 0) is 0 Å². The van der Waals surface area contributed by atoms with E-state index in [1.807, 2.05) is 30.3 Å². The molecule has 0 saturated carbocycles. The molecule has 0 radical (unpaired) electrons. The van der Waals surface area contributed by atoms with E-state index in [9.17, 15) is 13.6 Å². The van der Waals surface area contributed by atoms with Crippen molar-refractivity contribution < 1.29 is 18.3 Å². The number of carbonyl (C=O) groups excluding carboxylic acids is 1. The molecule has 0 spiro atoms. The van der Waals surface area contributed by atoms with Gasteiger partial charge in [0.1, 0.15) is 12.4 Å². The van der Waals surface area contributed by atoms with Crippen molar-refractivity contribution >= 4 is 17.7 Å². The fraction of sp³-hybridized carbons (Fsp3) is 0.235. The largest absolute Gasteiger partial charge is 0.492 e. The molecule has 2 rings (SSSR count). The molecular weight excluding hydrogens is 320 g/mol. The fourth-order valence-electron chi connectivity index (χ4n) is 1.92. The van der Waals surface area contributed by atoms with Crippen molar-refractivity contribution in [3.05, 3.63) is 60.2 Å². The Bertz CT molecular complexity index is 620. The molecule has 0 aromatic heterocycles. The number of halogens is 2. The monoisotopic (exact) mass is 337 g/mol. The van der Waals surface area contributed by atoms with Crippen LogP contribution >= 0.6 is 11.8 Å². The Morgan fingerprint density at radius 2 is 1.78 bits per heavy atom. The topological polar surface area (TPSA) is 29.5 Å². The third-order valence-electron chi connectivity index (χ3n) is 3.11. The fourth-order valence-corrected chi connectivity index (χ4v) is 2.42. The minimum Gasteiger partial charge on any atom is -0.492 e. The van der Waals surface area contributed by atoms with Crippen LogP contribution in [0, 0.1) is 0 Å². The van der Waals surface area contributed by atoms with Crippen molar-refractivity contribution in [1.82, 2.24) is 4.90 Å². The number of alkyl halides is 2. The van der Waals surface area contributed by atoms with Gasteiger partial charge in [-0.15, -0.1) is 0 Å². The number of carbonyl (C=O) groups is 1. The summed E-state index contributed by atoms with van der Waals surface area (Å²) in [6.45, 7) is 0.812. The van der Waals surface area contributed by atoms with Gasteiger partial charge in [0.25, 0.3) is 11.7 Å². The number of likely N-dealkylation sites (N-methyl/N-ethyl adjacent to an activating group) is 1. The van der Waals surface area contributed by atoms with Crippen LogP contribution in [-0.4, -0.2) is 36.8 Å². The highest BCUT2D eigenvalue weighted by molar-refractivity contribution is 7.99. The summed E-state index contributed by atoms with van der Waals surface area (Å²) in [6.07, 6.45) is 0. The van der Waals surface area contributed by atoms with Gasteiger partial charge in [0, 0.05) is 17.5 Å². The van der Waals surface area contributed by atoms with Crippen molar-refractivity contribution in [1.29, 1.82) is 0 Å². The van der Waals surface area contributed by atoms with E-state index < -0.39 is 5.76 Å². The van der Waals surface area contributed by atoms with E-state index in [4.69, 9.17) is 4.74 Å². The third kappa shape index (κ3) is 5.56. The molecule has 2 aromatic carbocycles. The van der Waals surface area contributed by atoms with Crippen molar-refractivity contribution in [3.8, 4) is 5.75 Å². The summed E-state index contributed by atoms with van der Waals surface area (Å²) in [5.74, 6) is -1.88. The van der Waals surface area contributed by atoms with Gasteiger partial charge in [-0.3, -0.25) is 4.79 Å². The van der Waals surface area contributed by atoms with Gasteiger partial charge < -0.3 is 9.64 Å². The average Bonchev–Trinajstić information content (AvgIpc) is 2.55. The van der Waals surface area contributed by atoms with Crippen LogP contribution in [0.4, 0.5) is 8.78 Å². The number of thioether (sulfide) groups is 1. The molecule has 122 valence electrons. The summed E-state index contributed by atoms with van der Waals surface area (Å²) in [4.78, 5) is 14.2. The van der Waals surface area contributed by atoms with E-state index in [0.717, 1.165) is 5.75 Å². The van der Waals surface area contributed by atoms with E-state index in [2.05, 4.69) is 0 Å². The normalized spacial score (nSPS) is 10.6. The van der Waals surface area contributed by atoms with E-state index in [-0.39, 0.29) is 5.91 Å². The average molecular weight is 337 g/mol. The highest BCUT2D eigenvalue weighted by Gasteiger charge is 2.12. The van der Waals surface area contributed by atoms with Gasteiger partial charge in [0.2, 0.25) is 0 Å². The molecule has 0 bridgehead atoms. The molecule has 6 heteroatoms.